The summed E-state index contributed by atoms with van der Waals surface area (Å²) in [6.07, 6.45) is 1.44. The summed E-state index contributed by atoms with van der Waals surface area (Å²) in [5, 5.41) is 16.5. The van der Waals surface area contributed by atoms with Crippen LogP contribution in [0.1, 0.15) is 19.4 Å². The largest absolute Gasteiger partial charge is 0.465 e. The summed E-state index contributed by atoms with van der Waals surface area (Å²) in [5.74, 6) is 0.0643. The number of nitrogens with zero attached hydrogens (tertiary/aromatic N) is 4. The van der Waals surface area contributed by atoms with Crippen molar-refractivity contribution < 1.29 is 9.53 Å². The van der Waals surface area contributed by atoms with E-state index in [1.165, 1.54) is 6.20 Å². The van der Waals surface area contributed by atoms with Gasteiger partial charge in [0, 0.05) is 6.54 Å². The molecule has 0 saturated carbocycles. The minimum atomic E-state index is -0.344. The summed E-state index contributed by atoms with van der Waals surface area (Å²) in [4.78, 5) is 13.0. The van der Waals surface area contributed by atoms with Gasteiger partial charge in [-0.3, -0.25) is 4.79 Å². The lowest BCUT2D eigenvalue weighted by Crippen LogP contribution is -2.32. The standard InChI is InChI=1S/C11H14N4O2/c1-3-15(8-10(16)17-4-2)11-9(7-12)5-6-13-14-11/h5-6H,3-4,8H2,1-2H3. The molecule has 0 bridgehead atoms. The van der Waals surface area contributed by atoms with Gasteiger partial charge >= 0.3 is 5.97 Å². The third-order valence-corrected chi connectivity index (χ3v) is 2.13. The van der Waals surface area contributed by atoms with Gasteiger partial charge in [0.05, 0.1) is 18.4 Å². The highest BCUT2D eigenvalue weighted by Gasteiger charge is 2.15. The fourth-order valence-electron chi connectivity index (χ4n) is 1.34. The van der Waals surface area contributed by atoms with E-state index in [9.17, 15) is 4.79 Å². The summed E-state index contributed by atoms with van der Waals surface area (Å²) in [5.41, 5.74) is 0.395. The van der Waals surface area contributed by atoms with E-state index >= 15 is 0 Å². The van der Waals surface area contributed by atoms with Crippen molar-refractivity contribution in [2.75, 3.05) is 24.6 Å². The van der Waals surface area contributed by atoms with Crippen LogP contribution in [0.3, 0.4) is 0 Å². The first-order chi connectivity index (χ1) is 8.22. The van der Waals surface area contributed by atoms with E-state index in [0.29, 0.717) is 24.5 Å². The van der Waals surface area contributed by atoms with Crippen LogP contribution in [0.25, 0.3) is 0 Å². The number of nitriles is 1. The predicted molar refractivity (Wildman–Crippen MR) is 61.3 cm³/mol. The molecule has 1 heterocycles. The molecule has 0 aliphatic rings. The van der Waals surface area contributed by atoms with Gasteiger partial charge in [-0.2, -0.15) is 10.4 Å². The maximum Gasteiger partial charge on any atom is 0.325 e. The normalized spacial score (nSPS) is 9.47. The minimum absolute atomic E-state index is 0.0672. The summed E-state index contributed by atoms with van der Waals surface area (Å²) in [6.45, 7) is 4.57. The molecule has 0 aromatic carbocycles. The van der Waals surface area contributed by atoms with E-state index in [2.05, 4.69) is 10.2 Å². The van der Waals surface area contributed by atoms with Crippen molar-refractivity contribution in [3.8, 4) is 6.07 Å². The zero-order chi connectivity index (χ0) is 12.7. The van der Waals surface area contributed by atoms with Crippen LogP contribution in [0, 0.1) is 11.3 Å². The van der Waals surface area contributed by atoms with Crippen molar-refractivity contribution in [3.63, 3.8) is 0 Å². The predicted octanol–water partition coefficient (Wildman–Crippen LogP) is 0.738. The van der Waals surface area contributed by atoms with Gasteiger partial charge in [0.25, 0.3) is 0 Å². The number of carbonyl (C=O) groups excluding carboxylic acids is 1. The van der Waals surface area contributed by atoms with Crippen LogP contribution in [0.15, 0.2) is 12.3 Å². The Kier molecular flexibility index (Phi) is 4.88. The van der Waals surface area contributed by atoms with Gasteiger partial charge in [0.1, 0.15) is 12.6 Å². The van der Waals surface area contributed by atoms with Crippen LogP contribution in [0.4, 0.5) is 5.82 Å². The van der Waals surface area contributed by atoms with Gasteiger partial charge in [-0.15, -0.1) is 5.10 Å². The SMILES string of the molecule is CCOC(=O)CN(CC)c1nnccc1C#N. The number of rotatable bonds is 5. The first kappa shape index (κ1) is 12.9. The van der Waals surface area contributed by atoms with Crippen molar-refractivity contribution in [3.05, 3.63) is 17.8 Å². The summed E-state index contributed by atoms with van der Waals surface area (Å²) in [7, 11) is 0. The van der Waals surface area contributed by atoms with E-state index in [4.69, 9.17) is 10.00 Å². The van der Waals surface area contributed by atoms with Gasteiger partial charge in [-0.05, 0) is 19.9 Å². The zero-order valence-corrected chi connectivity index (χ0v) is 9.88. The second-order valence-corrected chi connectivity index (χ2v) is 3.20. The number of ether oxygens (including phenoxy) is 1. The van der Waals surface area contributed by atoms with Crippen molar-refractivity contribution in [2.24, 2.45) is 0 Å². The minimum Gasteiger partial charge on any atom is -0.465 e. The van der Waals surface area contributed by atoms with Crippen molar-refractivity contribution >= 4 is 11.8 Å². The molecule has 0 atom stereocenters. The Morgan fingerprint density at radius 3 is 2.94 bits per heavy atom. The topological polar surface area (TPSA) is 79.1 Å². The Morgan fingerprint density at radius 1 is 1.59 bits per heavy atom. The van der Waals surface area contributed by atoms with E-state index in [1.807, 2.05) is 13.0 Å². The van der Waals surface area contributed by atoms with Crippen molar-refractivity contribution in [1.29, 1.82) is 5.26 Å². The molecule has 1 rings (SSSR count). The summed E-state index contributed by atoms with van der Waals surface area (Å²) in [6, 6.07) is 3.58. The third kappa shape index (κ3) is 3.41. The molecule has 0 amide bonds. The molecule has 0 saturated heterocycles. The fourth-order valence-corrected chi connectivity index (χ4v) is 1.34. The van der Waals surface area contributed by atoms with Crippen LogP contribution in [0.5, 0.6) is 0 Å². The molecule has 0 radical (unpaired) electrons. The lowest BCUT2D eigenvalue weighted by molar-refractivity contribution is -0.141. The lowest BCUT2D eigenvalue weighted by Gasteiger charge is -2.20. The molecule has 6 heteroatoms. The number of likely N-dealkylation sites (N-methyl/N-ethyl adjacent to an activating group) is 1. The first-order valence-electron chi connectivity index (χ1n) is 5.35. The van der Waals surface area contributed by atoms with E-state index < -0.39 is 0 Å². The molecule has 0 fully saturated rings. The molecular weight excluding hydrogens is 220 g/mol. The van der Waals surface area contributed by atoms with Crippen molar-refractivity contribution in [1.82, 2.24) is 10.2 Å². The molecule has 0 spiro atoms. The maximum absolute atomic E-state index is 11.4. The van der Waals surface area contributed by atoms with Crippen LogP contribution in [-0.4, -0.2) is 35.9 Å². The zero-order valence-electron chi connectivity index (χ0n) is 9.88. The summed E-state index contributed by atoms with van der Waals surface area (Å²) < 4.78 is 4.86. The average molecular weight is 234 g/mol. The maximum atomic E-state index is 11.4. The highest BCUT2D eigenvalue weighted by molar-refractivity contribution is 5.76. The van der Waals surface area contributed by atoms with Gasteiger partial charge in [-0.1, -0.05) is 0 Å². The molecule has 6 nitrogen and oxygen atoms in total. The molecule has 0 aliphatic carbocycles. The fraction of sp³-hybridized carbons (Fsp3) is 0.455. The highest BCUT2D eigenvalue weighted by Crippen LogP contribution is 2.14. The number of hydrogen-bond acceptors (Lipinski definition) is 6. The number of anilines is 1. The lowest BCUT2D eigenvalue weighted by atomic mass is 10.3. The molecule has 90 valence electrons. The van der Waals surface area contributed by atoms with E-state index in [0.717, 1.165) is 0 Å². The Labute approximate surface area is 99.8 Å². The first-order valence-corrected chi connectivity index (χ1v) is 5.35. The Hall–Kier alpha value is -2.16. The quantitative estimate of drug-likeness (QED) is 0.699. The molecule has 1 aromatic heterocycles. The summed E-state index contributed by atoms with van der Waals surface area (Å²) >= 11 is 0. The Bertz CT molecular complexity index is 428. The van der Waals surface area contributed by atoms with Crippen LogP contribution >= 0.6 is 0 Å². The molecule has 0 unspecified atom stereocenters. The number of hydrogen-bond donors (Lipinski definition) is 0. The van der Waals surface area contributed by atoms with E-state index in [-0.39, 0.29) is 12.5 Å². The smallest absolute Gasteiger partial charge is 0.325 e. The second-order valence-electron chi connectivity index (χ2n) is 3.20. The second kappa shape index (κ2) is 6.43. The molecule has 1 aromatic rings. The number of aromatic nitrogens is 2. The molecule has 0 aliphatic heterocycles. The van der Waals surface area contributed by atoms with Crippen LogP contribution in [0.2, 0.25) is 0 Å². The van der Waals surface area contributed by atoms with Gasteiger partial charge < -0.3 is 9.64 Å². The van der Waals surface area contributed by atoms with Gasteiger partial charge in [-0.25, -0.2) is 0 Å². The Morgan fingerprint density at radius 2 is 2.35 bits per heavy atom. The van der Waals surface area contributed by atoms with Gasteiger partial charge in [0.2, 0.25) is 0 Å². The number of esters is 1. The van der Waals surface area contributed by atoms with Gasteiger partial charge in [0.15, 0.2) is 5.82 Å². The van der Waals surface area contributed by atoms with Crippen molar-refractivity contribution in [2.45, 2.75) is 13.8 Å². The monoisotopic (exact) mass is 234 g/mol. The molecular formula is C11H14N4O2. The number of carbonyl (C=O) groups is 1. The highest BCUT2D eigenvalue weighted by atomic mass is 16.5. The third-order valence-electron chi connectivity index (χ3n) is 2.13. The van der Waals surface area contributed by atoms with E-state index in [1.54, 1.807) is 17.9 Å². The molecule has 17 heavy (non-hydrogen) atoms. The average Bonchev–Trinajstić information content (AvgIpc) is 2.36. The van der Waals surface area contributed by atoms with Crippen LogP contribution in [-0.2, 0) is 9.53 Å². The Balaban J connectivity index is 2.87. The molecule has 0 N–H and O–H groups in total. The van der Waals surface area contributed by atoms with Crippen LogP contribution < -0.4 is 4.90 Å².